The topological polar surface area (TPSA) is 32.6 Å². The molecule has 0 aliphatic rings. The van der Waals surface area contributed by atoms with Crippen LogP contribution in [0.4, 0.5) is 0 Å². The molecule has 0 bridgehead atoms. The lowest BCUT2D eigenvalue weighted by Gasteiger charge is -1.96. The summed E-state index contributed by atoms with van der Waals surface area (Å²) in [5.74, 6) is 1.33. The second-order valence-electron chi connectivity index (χ2n) is 2.98. The van der Waals surface area contributed by atoms with Crippen molar-refractivity contribution in [2.75, 3.05) is 5.75 Å². The molecule has 2 nitrogen and oxygen atoms in total. The summed E-state index contributed by atoms with van der Waals surface area (Å²) in [6, 6.07) is 7.20. The number of nitrogens with zero attached hydrogens (tertiary/aromatic N) is 1. The van der Waals surface area contributed by atoms with E-state index >= 15 is 0 Å². The van der Waals surface area contributed by atoms with Crippen LogP contribution < -0.4 is 0 Å². The Balaban J connectivity index is 2.40. The van der Waals surface area contributed by atoms with E-state index in [0.717, 1.165) is 11.3 Å². The van der Waals surface area contributed by atoms with E-state index in [-0.39, 0.29) is 5.75 Å². The van der Waals surface area contributed by atoms with E-state index in [1.165, 1.54) is 24.8 Å². The number of rotatable bonds is 5. The number of unbranched alkanes of at least 4 members (excludes halogenated alkanes) is 1. The van der Waals surface area contributed by atoms with Gasteiger partial charge in [-0.25, -0.2) is 4.40 Å². The Morgan fingerprint density at radius 2 is 2.21 bits per heavy atom. The van der Waals surface area contributed by atoms with Gasteiger partial charge in [0.25, 0.3) is 0 Å². The monoisotopic (exact) mass is 209 g/mol. The van der Waals surface area contributed by atoms with Crippen molar-refractivity contribution in [1.29, 1.82) is 0 Å². The zero-order valence-corrected chi connectivity index (χ0v) is 9.13. The molecule has 1 aromatic carbocycles. The van der Waals surface area contributed by atoms with Crippen molar-refractivity contribution >= 4 is 18.2 Å². The van der Waals surface area contributed by atoms with E-state index < -0.39 is 0 Å². The highest BCUT2D eigenvalue weighted by Gasteiger charge is 1.93. The maximum absolute atomic E-state index is 9.41. The van der Waals surface area contributed by atoms with E-state index in [0.29, 0.717) is 0 Å². The van der Waals surface area contributed by atoms with Crippen LogP contribution in [0.2, 0.25) is 0 Å². The van der Waals surface area contributed by atoms with Crippen LogP contribution in [0.5, 0.6) is 5.75 Å². The van der Waals surface area contributed by atoms with Crippen molar-refractivity contribution in [3.8, 4) is 5.75 Å². The first-order valence-electron chi connectivity index (χ1n) is 4.78. The number of hydrogen-bond donors (Lipinski definition) is 1. The van der Waals surface area contributed by atoms with Gasteiger partial charge < -0.3 is 5.11 Å². The number of benzene rings is 1. The molecule has 0 aromatic heterocycles. The first-order valence-corrected chi connectivity index (χ1v) is 5.72. The molecule has 14 heavy (non-hydrogen) atoms. The molecular weight excluding hydrogens is 194 g/mol. The van der Waals surface area contributed by atoms with E-state index in [4.69, 9.17) is 0 Å². The predicted octanol–water partition coefficient (Wildman–Crippen LogP) is 3.26. The minimum absolute atomic E-state index is 0.285. The van der Waals surface area contributed by atoms with Gasteiger partial charge in [-0.3, -0.25) is 0 Å². The minimum atomic E-state index is 0.285. The van der Waals surface area contributed by atoms with Gasteiger partial charge in [0.2, 0.25) is 0 Å². The van der Waals surface area contributed by atoms with Crippen LogP contribution in [0.1, 0.15) is 25.3 Å². The maximum atomic E-state index is 9.41. The average Bonchev–Trinajstić information content (AvgIpc) is 2.20. The molecule has 0 fully saturated rings. The molecule has 1 rings (SSSR count). The molecule has 0 aliphatic heterocycles. The molecule has 0 atom stereocenters. The molecule has 0 radical (unpaired) electrons. The third-order valence-corrected chi connectivity index (χ3v) is 2.52. The highest BCUT2D eigenvalue weighted by molar-refractivity contribution is 7.98. The van der Waals surface area contributed by atoms with Crippen molar-refractivity contribution in [2.24, 2.45) is 4.40 Å². The lowest BCUT2D eigenvalue weighted by Crippen LogP contribution is -1.80. The summed E-state index contributed by atoms with van der Waals surface area (Å²) >= 11 is 1.54. The molecule has 0 saturated carbocycles. The van der Waals surface area contributed by atoms with Gasteiger partial charge in [0.05, 0.1) is 0 Å². The van der Waals surface area contributed by atoms with Gasteiger partial charge in [-0.1, -0.05) is 25.5 Å². The second-order valence-corrected chi connectivity index (χ2v) is 3.86. The Kier molecular flexibility index (Phi) is 5.15. The fourth-order valence-corrected chi connectivity index (χ4v) is 1.66. The van der Waals surface area contributed by atoms with Gasteiger partial charge in [0, 0.05) is 17.5 Å². The maximum Gasteiger partial charge on any atom is 0.124 e. The van der Waals surface area contributed by atoms with E-state index in [9.17, 15) is 5.11 Å². The zero-order chi connectivity index (χ0) is 10.2. The van der Waals surface area contributed by atoms with Crippen LogP contribution in [0.3, 0.4) is 0 Å². The summed E-state index contributed by atoms with van der Waals surface area (Å²) in [6.45, 7) is 2.16. The fraction of sp³-hybridized carbons (Fsp3) is 0.364. The average molecular weight is 209 g/mol. The molecule has 0 amide bonds. The Hall–Kier alpha value is -0.960. The highest BCUT2D eigenvalue weighted by atomic mass is 32.2. The van der Waals surface area contributed by atoms with E-state index in [1.807, 2.05) is 12.1 Å². The number of phenols is 1. The number of hydrogen-bond acceptors (Lipinski definition) is 3. The van der Waals surface area contributed by atoms with Gasteiger partial charge >= 0.3 is 0 Å². The molecule has 1 aromatic rings. The van der Waals surface area contributed by atoms with Gasteiger partial charge in [0.15, 0.2) is 0 Å². The number of aromatic hydroxyl groups is 1. The summed E-state index contributed by atoms with van der Waals surface area (Å²) < 4.78 is 4.17. The summed E-state index contributed by atoms with van der Waals surface area (Å²) in [7, 11) is 0. The Labute approximate surface area is 89.2 Å². The molecular formula is C11H15NOS. The van der Waals surface area contributed by atoms with Crippen molar-refractivity contribution in [2.45, 2.75) is 19.8 Å². The summed E-state index contributed by atoms with van der Waals surface area (Å²) in [4.78, 5) is 0. The quantitative estimate of drug-likeness (QED) is 0.458. The fourth-order valence-electron chi connectivity index (χ4n) is 0.952. The molecule has 0 spiro atoms. The van der Waals surface area contributed by atoms with Crippen molar-refractivity contribution in [3.63, 3.8) is 0 Å². The molecule has 0 unspecified atom stereocenters. The van der Waals surface area contributed by atoms with E-state index in [1.54, 1.807) is 18.3 Å². The highest BCUT2D eigenvalue weighted by Crippen LogP contribution is 2.14. The predicted molar refractivity (Wildman–Crippen MR) is 63.1 cm³/mol. The van der Waals surface area contributed by atoms with Crippen LogP contribution in [0.25, 0.3) is 0 Å². The third kappa shape index (κ3) is 3.83. The Bertz CT molecular complexity index is 299. The first kappa shape index (κ1) is 11.1. The lowest BCUT2D eigenvalue weighted by molar-refractivity contribution is 0.474. The summed E-state index contributed by atoms with van der Waals surface area (Å²) in [5.41, 5.74) is 0.775. The van der Waals surface area contributed by atoms with Gasteiger partial charge in [-0.15, -0.1) is 0 Å². The second kappa shape index (κ2) is 6.49. The normalized spacial score (nSPS) is 10.9. The number of para-hydroxylation sites is 1. The van der Waals surface area contributed by atoms with Crippen LogP contribution in [0, 0.1) is 0 Å². The lowest BCUT2D eigenvalue weighted by atomic mass is 10.2. The zero-order valence-electron chi connectivity index (χ0n) is 8.31. The largest absolute Gasteiger partial charge is 0.507 e. The first-order chi connectivity index (χ1) is 6.84. The van der Waals surface area contributed by atoms with Crippen LogP contribution in [-0.4, -0.2) is 17.1 Å². The number of phenolic OH excluding ortho intramolecular Hbond substituents is 1. The van der Waals surface area contributed by atoms with Crippen molar-refractivity contribution in [3.05, 3.63) is 29.8 Å². The standard InChI is InChI=1S/C11H15NOS/c1-2-3-8-14-12-9-10-6-4-5-7-11(10)13/h4-7,9,13H,2-3,8H2,1H3. The molecule has 1 N–H and O–H groups in total. The smallest absolute Gasteiger partial charge is 0.124 e. The molecule has 0 aliphatic carbocycles. The third-order valence-electron chi connectivity index (χ3n) is 1.79. The van der Waals surface area contributed by atoms with Crippen LogP contribution >= 0.6 is 11.9 Å². The Morgan fingerprint density at radius 1 is 1.43 bits per heavy atom. The molecule has 0 heterocycles. The van der Waals surface area contributed by atoms with Gasteiger partial charge in [0.1, 0.15) is 5.75 Å². The van der Waals surface area contributed by atoms with Crippen molar-refractivity contribution in [1.82, 2.24) is 0 Å². The van der Waals surface area contributed by atoms with Gasteiger partial charge in [-0.2, -0.15) is 0 Å². The van der Waals surface area contributed by atoms with E-state index in [2.05, 4.69) is 11.3 Å². The summed E-state index contributed by atoms with van der Waals surface area (Å²) in [5, 5.41) is 9.41. The minimum Gasteiger partial charge on any atom is -0.507 e. The van der Waals surface area contributed by atoms with Crippen LogP contribution in [0.15, 0.2) is 28.7 Å². The van der Waals surface area contributed by atoms with Gasteiger partial charge in [-0.05, 0) is 30.5 Å². The molecule has 3 heteroatoms. The Morgan fingerprint density at radius 3 is 2.93 bits per heavy atom. The van der Waals surface area contributed by atoms with Crippen molar-refractivity contribution < 1.29 is 5.11 Å². The molecule has 76 valence electrons. The molecule has 0 saturated heterocycles. The van der Waals surface area contributed by atoms with Crippen LogP contribution in [-0.2, 0) is 0 Å². The SMILES string of the molecule is CCCCSN=Cc1ccccc1O. The summed E-state index contributed by atoms with van der Waals surface area (Å²) in [6.07, 6.45) is 4.08.